The second-order valence-electron chi connectivity index (χ2n) is 7.53. The second kappa shape index (κ2) is 6.00. The maximum absolute atomic E-state index is 12.8. The summed E-state index contributed by atoms with van der Waals surface area (Å²) in [4.78, 5) is 28.7. The summed E-state index contributed by atoms with van der Waals surface area (Å²) in [6, 6.07) is 5.02. The highest BCUT2D eigenvalue weighted by Crippen LogP contribution is 2.36. The molecule has 1 aromatic carbocycles. The minimum atomic E-state index is -0.459. The van der Waals surface area contributed by atoms with E-state index in [9.17, 15) is 9.59 Å². The normalized spacial score (nSPS) is 20.5. The molecule has 0 bridgehead atoms. The van der Waals surface area contributed by atoms with Crippen LogP contribution in [0.3, 0.4) is 0 Å². The van der Waals surface area contributed by atoms with Gasteiger partial charge in [-0.05, 0) is 24.5 Å². The highest BCUT2D eigenvalue weighted by molar-refractivity contribution is 6.00. The average Bonchev–Trinajstić information content (AvgIpc) is 2.95. The zero-order valence-corrected chi connectivity index (χ0v) is 14.7. The van der Waals surface area contributed by atoms with E-state index in [4.69, 9.17) is 9.47 Å². The van der Waals surface area contributed by atoms with Gasteiger partial charge in [-0.25, -0.2) is 0 Å². The third-order valence-corrected chi connectivity index (χ3v) is 4.33. The molecule has 1 aromatic rings. The summed E-state index contributed by atoms with van der Waals surface area (Å²) in [5, 5.41) is 0. The minimum absolute atomic E-state index is 0.0358. The van der Waals surface area contributed by atoms with Gasteiger partial charge in [-0.1, -0.05) is 20.8 Å². The Morgan fingerprint density at radius 1 is 1.21 bits per heavy atom. The Morgan fingerprint density at radius 2 is 1.92 bits per heavy atom. The fourth-order valence-electron chi connectivity index (χ4n) is 3.08. The van der Waals surface area contributed by atoms with Gasteiger partial charge in [0.2, 0.25) is 18.6 Å². The van der Waals surface area contributed by atoms with Crippen molar-refractivity contribution in [1.29, 1.82) is 0 Å². The topological polar surface area (TPSA) is 59.1 Å². The summed E-state index contributed by atoms with van der Waals surface area (Å²) < 4.78 is 10.7. The minimum Gasteiger partial charge on any atom is -0.454 e. The summed E-state index contributed by atoms with van der Waals surface area (Å²) in [5.74, 6) is 1.31. The lowest BCUT2D eigenvalue weighted by Gasteiger charge is -2.40. The van der Waals surface area contributed by atoms with E-state index in [1.807, 2.05) is 39.0 Å². The van der Waals surface area contributed by atoms with Crippen LogP contribution in [0.1, 0.15) is 34.1 Å². The molecule has 3 rings (SSSR count). The van der Waals surface area contributed by atoms with E-state index in [1.165, 1.54) is 0 Å². The molecule has 0 aromatic heterocycles. The first-order valence-electron chi connectivity index (χ1n) is 8.27. The molecule has 1 saturated heterocycles. The SMILES string of the molecule is CC1C(=O)N(c2ccc3c(c2)OCO3)CCN1C(=O)CC(C)(C)C. The summed E-state index contributed by atoms with van der Waals surface area (Å²) in [7, 11) is 0. The molecule has 1 fully saturated rings. The van der Waals surface area contributed by atoms with Gasteiger partial charge in [0, 0.05) is 31.3 Å². The number of hydrogen-bond donors (Lipinski definition) is 0. The molecule has 0 radical (unpaired) electrons. The molecule has 2 amide bonds. The van der Waals surface area contributed by atoms with Crippen molar-refractivity contribution in [2.45, 2.75) is 40.2 Å². The Bertz CT molecular complexity index is 665. The van der Waals surface area contributed by atoms with Gasteiger partial charge >= 0.3 is 0 Å². The van der Waals surface area contributed by atoms with Crippen LogP contribution in [-0.4, -0.2) is 42.6 Å². The first-order valence-corrected chi connectivity index (χ1v) is 8.27. The molecule has 2 heterocycles. The van der Waals surface area contributed by atoms with Crippen LogP contribution in [0.25, 0.3) is 0 Å². The van der Waals surface area contributed by atoms with Gasteiger partial charge in [0.05, 0.1) is 0 Å². The summed E-state index contributed by atoms with van der Waals surface area (Å²) in [6.07, 6.45) is 0.439. The van der Waals surface area contributed by atoms with E-state index in [1.54, 1.807) is 16.7 Å². The number of carbonyl (C=O) groups is 2. The first-order chi connectivity index (χ1) is 11.3. The van der Waals surface area contributed by atoms with Crippen LogP contribution in [0.15, 0.2) is 18.2 Å². The van der Waals surface area contributed by atoms with Crippen molar-refractivity contribution in [2.24, 2.45) is 5.41 Å². The molecule has 6 heteroatoms. The molecule has 0 aliphatic carbocycles. The summed E-state index contributed by atoms with van der Waals surface area (Å²) in [6.45, 7) is 9.11. The third-order valence-electron chi connectivity index (χ3n) is 4.33. The summed E-state index contributed by atoms with van der Waals surface area (Å²) >= 11 is 0. The van der Waals surface area contributed by atoms with E-state index in [-0.39, 0.29) is 24.0 Å². The van der Waals surface area contributed by atoms with E-state index < -0.39 is 6.04 Å². The molecular formula is C18H24N2O4. The van der Waals surface area contributed by atoms with Crippen molar-refractivity contribution in [2.75, 3.05) is 24.8 Å². The van der Waals surface area contributed by atoms with Crippen molar-refractivity contribution in [1.82, 2.24) is 4.90 Å². The van der Waals surface area contributed by atoms with Gasteiger partial charge in [-0.2, -0.15) is 0 Å². The van der Waals surface area contributed by atoms with Gasteiger partial charge in [0.15, 0.2) is 11.5 Å². The van der Waals surface area contributed by atoms with Crippen LogP contribution < -0.4 is 14.4 Å². The standard InChI is InChI=1S/C18H24N2O4/c1-12-17(22)20(8-7-19(12)16(21)10-18(2,3)4)13-5-6-14-15(9-13)24-11-23-14/h5-6,9,12H,7-8,10-11H2,1-4H3. The number of ether oxygens (including phenoxy) is 2. The number of hydrogen-bond acceptors (Lipinski definition) is 4. The fraction of sp³-hybridized carbons (Fsp3) is 0.556. The van der Waals surface area contributed by atoms with E-state index in [0.29, 0.717) is 31.0 Å². The molecule has 0 saturated carbocycles. The largest absolute Gasteiger partial charge is 0.454 e. The van der Waals surface area contributed by atoms with Crippen molar-refractivity contribution in [3.8, 4) is 11.5 Å². The van der Waals surface area contributed by atoms with E-state index in [0.717, 1.165) is 5.69 Å². The molecule has 6 nitrogen and oxygen atoms in total. The van der Waals surface area contributed by atoms with Crippen LogP contribution >= 0.6 is 0 Å². The Hall–Kier alpha value is -2.24. The van der Waals surface area contributed by atoms with Crippen molar-refractivity contribution in [3.05, 3.63) is 18.2 Å². The number of benzene rings is 1. The average molecular weight is 332 g/mol. The van der Waals surface area contributed by atoms with Crippen molar-refractivity contribution < 1.29 is 19.1 Å². The van der Waals surface area contributed by atoms with Gasteiger partial charge in [-0.3, -0.25) is 9.59 Å². The molecule has 2 aliphatic heterocycles. The van der Waals surface area contributed by atoms with Gasteiger partial charge in [0.1, 0.15) is 6.04 Å². The summed E-state index contributed by atoms with van der Waals surface area (Å²) in [5.41, 5.74) is 0.688. The van der Waals surface area contributed by atoms with Crippen LogP contribution in [0.2, 0.25) is 0 Å². The highest BCUT2D eigenvalue weighted by atomic mass is 16.7. The van der Waals surface area contributed by atoms with Gasteiger partial charge in [0.25, 0.3) is 0 Å². The molecule has 24 heavy (non-hydrogen) atoms. The Morgan fingerprint density at radius 3 is 2.62 bits per heavy atom. The zero-order valence-electron chi connectivity index (χ0n) is 14.7. The van der Waals surface area contributed by atoms with E-state index >= 15 is 0 Å². The predicted octanol–water partition coefficient (Wildman–Crippen LogP) is 2.42. The molecule has 2 aliphatic rings. The number of rotatable bonds is 2. The predicted molar refractivity (Wildman–Crippen MR) is 90.2 cm³/mol. The Kier molecular flexibility index (Phi) is 4.15. The Balaban J connectivity index is 1.74. The first kappa shape index (κ1) is 16.6. The number of anilines is 1. The quantitative estimate of drug-likeness (QED) is 0.834. The number of fused-ring (bicyclic) bond motifs is 1. The lowest BCUT2D eigenvalue weighted by molar-refractivity contribution is -0.142. The smallest absolute Gasteiger partial charge is 0.249 e. The van der Waals surface area contributed by atoms with Crippen LogP contribution in [0.4, 0.5) is 5.69 Å². The van der Waals surface area contributed by atoms with Crippen LogP contribution in [0, 0.1) is 5.41 Å². The number of nitrogens with zero attached hydrogens (tertiary/aromatic N) is 2. The second-order valence-corrected chi connectivity index (χ2v) is 7.53. The van der Waals surface area contributed by atoms with Crippen molar-refractivity contribution >= 4 is 17.5 Å². The van der Waals surface area contributed by atoms with Crippen LogP contribution in [-0.2, 0) is 9.59 Å². The monoisotopic (exact) mass is 332 g/mol. The fourth-order valence-corrected chi connectivity index (χ4v) is 3.08. The number of piperazine rings is 1. The lowest BCUT2D eigenvalue weighted by atomic mass is 9.91. The highest BCUT2D eigenvalue weighted by Gasteiger charge is 2.36. The maximum Gasteiger partial charge on any atom is 0.249 e. The van der Waals surface area contributed by atoms with Gasteiger partial charge in [-0.15, -0.1) is 0 Å². The van der Waals surface area contributed by atoms with E-state index in [2.05, 4.69) is 0 Å². The molecule has 0 spiro atoms. The lowest BCUT2D eigenvalue weighted by Crippen LogP contribution is -2.58. The molecule has 1 unspecified atom stereocenters. The van der Waals surface area contributed by atoms with Crippen molar-refractivity contribution in [3.63, 3.8) is 0 Å². The number of amides is 2. The van der Waals surface area contributed by atoms with Gasteiger partial charge < -0.3 is 19.3 Å². The Labute approximate surface area is 142 Å². The van der Waals surface area contributed by atoms with Crippen LogP contribution in [0.5, 0.6) is 11.5 Å². The molecule has 1 atom stereocenters. The zero-order chi connectivity index (χ0) is 17.5. The maximum atomic E-state index is 12.8. The molecule has 0 N–H and O–H groups in total. The molecular weight excluding hydrogens is 308 g/mol. The number of carbonyl (C=O) groups excluding carboxylic acids is 2. The molecule has 130 valence electrons. The third kappa shape index (κ3) is 3.18.